The molecule has 0 aliphatic heterocycles. The number of ether oxygens (including phenoxy) is 1. The van der Waals surface area contributed by atoms with Gasteiger partial charge in [-0.25, -0.2) is 18.1 Å². The predicted octanol–water partition coefficient (Wildman–Crippen LogP) is 5.13. The van der Waals surface area contributed by atoms with Gasteiger partial charge in [0, 0.05) is 24.9 Å². The van der Waals surface area contributed by atoms with E-state index in [9.17, 15) is 8.42 Å². The number of anilines is 1. The zero-order valence-electron chi connectivity index (χ0n) is 21.3. The molecule has 1 saturated carbocycles. The van der Waals surface area contributed by atoms with Crippen LogP contribution < -0.4 is 9.46 Å². The molecule has 0 bridgehead atoms. The molecule has 3 atom stereocenters. The summed E-state index contributed by atoms with van der Waals surface area (Å²) in [6.07, 6.45) is 6.00. The van der Waals surface area contributed by atoms with Crippen molar-refractivity contribution in [3.8, 4) is 17.1 Å². The minimum Gasteiger partial charge on any atom is -0.474 e. The van der Waals surface area contributed by atoms with Crippen LogP contribution >= 0.6 is 0 Å². The highest BCUT2D eigenvalue weighted by Gasteiger charge is 2.33. The highest BCUT2D eigenvalue weighted by Crippen LogP contribution is 2.37. The largest absolute Gasteiger partial charge is 0.474 e. The normalized spacial score (nSPS) is 20.7. The summed E-state index contributed by atoms with van der Waals surface area (Å²) in [5.41, 5.74) is 3.66. The molecule has 0 saturated heterocycles. The quantitative estimate of drug-likeness (QED) is 0.486. The van der Waals surface area contributed by atoms with Crippen molar-refractivity contribution in [1.82, 2.24) is 19.7 Å². The van der Waals surface area contributed by atoms with Crippen molar-refractivity contribution in [3.05, 3.63) is 47.8 Å². The fourth-order valence-electron chi connectivity index (χ4n) is 5.00. The number of aromatic nitrogens is 4. The molecule has 0 spiro atoms. The molecule has 1 aromatic carbocycles. The fourth-order valence-corrected chi connectivity index (χ4v) is 5.93. The van der Waals surface area contributed by atoms with Crippen LogP contribution in [0.1, 0.15) is 51.2 Å². The van der Waals surface area contributed by atoms with Gasteiger partial charge in [-0.1, -0.05) is 45.4 Å². The van der Waals surface area contributed by atoms with Gasteiger partial charge in [0.2, 0.25) is 11.8 Å². The summed E-state index contributed by atoms with van der Waals surface area (Å²) >= 11 is 0. The van der Waals surface area contributed by atoms with Crippen LogP contribution in [0.2, 0.25) is 0 Å². The zero-order chi connectivity index (χ0) is 25.3. The summed E-state index contributed by atoms with van der Waals surface area (Å²) in [6, 6.07) is 7.85. The van der Waals surface area contributed by atoms with Gasteiger partial charge in [0.15, 0.2) is 0 Å². The fraction of sp³-hybridized carbons (Fsp3) is 0.500. The van der Waals surface area contributed by atoms with Gasteiger partial charge in [-0.2, -0.15) is 10.1 Å². The molecule has 4 rings (SSSR count). The van der Waals surface area contributed by atoms with Gasteiger partial charge in [0.1, 0.15) is 11.0 Å². The maximum absolute atomic E-state index is 13.0. The minimum atomic E-state index is -3.91. The highest BCUT2D eigenvalue weighted by atomic mass is 32.2. The van der Waals surface area contributed by atoms with E-state index in [1.165, 1.54) is 23.5 Å². The second kappa shape index (κ2) is 9.97. The summed E-state index contributed by atoms with van der Waals surface area (Å²) in [5.74, 6) is 1.83. The maximum atomic E-state index is 13.0. The lowest BCUT2D eigenvalue weighted by atomic mass is 9.75. The molecule has 188 valence electrons. The Balaban J connectivity index is 1.76. The van der Waals surface area contributed by atoms with E-state index in [1.807, 2.05) is 38.1 Å². The minimum absolute atomic E-state index is 0.0160. The Labute approximate surface area is 208 Å². The van der Waals surface area contributed by atoms with Crippen molar-refractivity contribution in [2.45, 2.75) is 64.9 Å². The lowest BCUT2D eigenvalue weighted by Gasteiger charge is -2.37. The third-order valence-corrected chi connectivity index (χ3v) is 8.17. The molecular formula is C26H35N5O3S. The second-order valence-electron chi connectivity index (χ2n) is 10.1. The molecule has 9 heteroatoms. The Morgan fingerprint density at radius 1 is 1.14 bits per heavy atom. The molecule has 8 nitrogen and oxygen atoms in total. The topological polar surface area (TPSA) is 99.0 Å². The molecule has 0 unspecified atom stereocenters. The van der Waals surface area contributed by atoms with Crippen molar-refractivity contribution in [3.63, 3.8) is 0 Å². The van der Waals surface area contributed by atoms with E-state index in [-0.39, 0.29) is 16.9 Å². The van der Waals surface area contributed by atoms with Crippen LogP contribution in [0.25, 0.3) is 11.3 Å². The molecule has 1 N–H and O–H groups in total. The van der Waals surface area contributed by atoms with E-state index < -0.39 is 10.0 Å². The SMILES string of the molecule is Cc1cccc(C)c1-c1cc(O[C@H]2C[C@@H](C)CC[C@@H]2C(C)C)nc(NS(=O)(=O)c2cnn(C)c2)n1. The van der Waals surface area contributed by atoms with Crippen molar-refractivity contribution < 1.29 is 13.2 Å². The summed E-state index contributed by atoms with van der Waals surface area (Å²) in [6.45, 7) is 10.7. The summed E-state index contributed by atoms with van der Waals surface area (Å²) in [4.78, 5) is 9.14. The number of benzene rings is 1. The first-order valence-corrected chi connectivity index (χ1v) is 13.7. The molecule has 0 radical (unpaired) electrons. The molecule has 1 aliphatic rings. The third-order valence-electron chi connectivity index (χ3n) is 6.89. The van der Waals surface area contributed by atoms with Crippen LogP contribution in [-0.4, -0.2) is 34.3 Å². The van der Waals surface area contributed by atoms with Gasteiger partial charge < -0.3 is 4.74 Å². The number of rotatable bonds is 7. The van der Waals surface area contributed by atoms with Crippen molar-refractivity contribution in [2.75, 3.05) is 4.72 Å². The van der Waals surface area contributed by atoms with Gasteiger partial charge in [0.05, 0.1) is 11.9 Å². The molecule has 1 fully saturated rings. The van der Waals surface area contributed by atoms with E-state index in [0.717, 1.165) is 29.5 Å². The molecule has 2 heterocycles. The monoisotopic (exact) mass is 497 g/mol. The average Bonchev–Trinajstić information content (AvgIpc) is 3.20. The highest BCUT2D eigenvalue weighted by molar-refractivity contribution is 7.92. The van der Waals surface area contributed by atoms with Crippen LogP contribution in [0.15, 0.2) is 41.6 Å². The molecule has 2 aromatic heterocycles. The lowest BCUT2D eigenvalue weighted by molar-refractivity contribution is 0.0427. The third kappa shape index (κ3) is 5.66. The first-order chi connectivity index (χ1) is 16.5. The van der Waals surface area contributed by atoms with Gasteiger partial charge in [-0.3, -0.25) is 4.68 Å². The Morgan fingerprint density at radius 3 is 2.49 bits per heavy atom. The van der Waals surface area contributed by atoms with Crippen LogP contribution in [0.4, 0.5) is 5.95 Å². The van der Waals surface area contributed by atoms with Gasteiger partial charge in [-0.15, -0.1) is 0 Å². The zero-order valence-corrected chi connectivity index (χ0v) is 22.1. The standard InChI is InChI=1S/C26H35N5O3S/c1-16(2)21-11-10-17(3)12-23(21)34-24-13-22(25-18(4)8-7-9-19(25)5)28-26(29-24)30-35(32,33)20-14-27-31(6)15-20/h7-9,13-17,21,23H,10-12H2,1-6H3,(H,28,29,30)/t17-,21+,23-/m0/s1. The average molecular weight is 498 g/mol. The number of aryl methyl sites for hydroxylation is 3. The van der Waals surface area contributed by atoms with E-state index in [1.54, 1.807) is 7.05 Å². The second-order valence-corrected chi connectivity index (χ2v) is 11.8. The number of nitrogens with zero attached hydrogens (tertiary/aromatic N) is 4. The lowest BCUT2D eigenvalue weighted by Crippen LogP contribution is -2.36. The van der Waals surface area contributed by atoms with Gasteiger partial charge in [-0.05, 0) is 55.6 Å². The summed E-state index contributed by atoms with van der Waals surface area (Å²) < 4.78 is 36.5. The molecule has 35 heavy (non-hydrogen) atoms. The first-order valence-electron chi connectivity index (χ1n) is 12.2. The molecule has 1 aliphatic carbocycles. The molecular weight excluding hydrogens is 462 g/mol. The molecule has 3 aromatic rings. The first kappa shape index (κ1) is 25.2. The predicted molar refractivity (Wildman–Crippen MR) is 137 cm³/mol. The number of nitrogens with one attached hydrogen (secondary N) is 1. The van der Waals surface area contributed by atoms with Crippen LogP contribution in [0.5, 0.6) is 5.88 Å². The van der Waals surface area contributed by atoms with E-state index in [2.05, 4.69) is 40.6 Å². The maximum Gasteiger partial charge on any atom is 0.267 e. The van der Waals surface area contributed by atoms with Crippen LogP contribution in [0, 0.1) is 31.6 Å². The van der Waals surface area contributed by atoms with E-state index >= 15 is 0 Å². The van der Waals surface area contributed by atoms with Crippen molar-refractivity contribution >= 4 is 16.0 Å². The number of hydrogen-bond donors (Lipinski definition) is 1. The summed E-state index contributed by atoms with van der Waals surface area (Å²) in [7, 11) is -2.24. The van der Waals surface area contributed by atoms with Crippen LogP contribution in [-0.2, 0) is 17.1 Å². The van der Waals surface area contributed by atoms with E-state index in [0.29, 0.717) is 29.3 Å². The number of sulfonamides is 1. The van der Waals surface area contributed by atoms with E-state index in [4.69, 9.17) is 4.74 Å². The van der Waals surface area contributed by atoms with Crippen molar-refractivity contribution in [2.24, 2.45) is 24.8 Å². The molecule has 0 amide bonds. The number of hydrogen-bond acceptors (Lipinski definition) is 6. The Morgan fingerprint density at radius 2 is 1.86 bits per heavy atom. The Bertz CT molecular complexity index is 1280. The smallest absolute Gasteiger partial charge is 0.267 e. The van der Waals surface area contributed by atoms with Crippen molar-refractivity contribution in [1.29, 1.82) is 0 Å². The van der Waals surface area contributed by atoms with Gasteiger partial charge >= 0.3 is 0 Å². The van der Waals surface area contributed by atoms with Gasteiger partial charge in [0.25, 0.3) is 10.0 Å². The summed E-state index contributed by atoms with van der Waals surface area (Å²) in [5, 5.41) is 3.97. The van der Waals surface area contributed by atoms with Crippen LogP contribution in [0.3, 0.4) is 0 Å². The Hall–Kier alpha value is -2.94. The Kier molecular flexibility index (Phi) is 7.17.